The molecule has 7 heteroatoms. The Hall–Kier alpha value is -0.490. The molecule has 1 rings (SSSR count). The monoisotopic (exact) mass is 302 g/mol. The fourth-order valence-electron chi connectivity index (χ4n) is 2.15. The third-order valence-corrected chi connectivity index (χ3v) is 3.11. The van der Waals surface area contributed by atoms with Gasteiger partial charge in [0.15, 0.2) is 0 Å². The summed E-state index contributed by atoms with van der Waals surface area (Å²) in [5, 5.41) is 3.06. The molecule has 1 unspecified atom stereocenters. The van der Waals surface area contributed by atoms with Crippen LogP contribution in [0, 0.1) is 5.92 Å². The molecule has 3 nitrogen and oxygen atoms in total. The standard InChI is InChI=1S/C12H21F3N2O.ClH/c1-2-3-7-17(9-12(13,14)15)11(18)10-5-4-6-16-8-10;/h10,16H,2-9H2,1H3;1H. The summed E-state index contributed by atoms with van der Waals surface area (Å²) in [5.74, 6) is -0.647. The summed E-state index contributed by atoms with van der Waals surface area (Å²) < 4.78 is 37.4. The number of alkyl halides is 3. The van der Waals surface area contributed by atoms with E-state index < -0.39 is 12.7 Å². The van der Waals surface area contributed by atoms with Gasteiger partial charge in [0.2, 0.25) is 5.91 Å². The molecular weight excluding hydrogens is 281 g/mol. The fourth-order valence-corrected chi connectivity index (χ4v) is 2.15. The summed E-state index contributed by atoms with van der Waals surface area (Å²) in [6, 6.07) is 0. The van der Waals surface area contributed by atoms with Gasteiger partial charge in [0.05, 0.1) is 5.92 Å². The van der Waals surface area contributed by atoms with Crippen LogP contribution in [0.2, 0.25) is 0 Å². The number of nitrogens with zero attached hydrogens (tertiary/aromatic N) is 1. The van der Waals surface area contributed by atoms with Crippen molar-refractivity contribution in [2.24, 2.45) is 5.92 Å². The lowest BCUT2D eigenvalue weighted by Gasteiger charge is -2.30. The Morgan fingerprint density at radius 1 is 1.42 bits per heavy atom. The normalized spacial score (nSPS) is 19.7. The zero-order valence-corrected chi connectivity index (χ0v) is 11.9. The SMILES string of the molecule is CCCCN(CC(F)(F)F)C(=O)C1CCCNC1.Cl. The van der Waals surface area contributed by atoms with E-state index in [2.05, 4.69) is 5.32 Å². The van der Waals surface area contributed by atoms with Gasteiger partial charge in [-0.1, -0.05) is 13.3 Å². The first-order valence-electron chi connectivity index (χ1n) is 6.50. The van der Waals surface area contributed by atoms with Crippen LogP contribution < -0.4 is 5.32 Å². The third kappa shape index (κ3) is 7.01. The molecule has 0 radical (unpaired) electrons. The van der Waals surface area contributed by atoms with Crippen LogP contribution in [0.4, 0.5) is 13.2 Å². The summed E-state index contributed by atoms with van der Waals surface area (Å²) in [7, 11) is 0. The van der Waals surface area contributed by atoms with Gasteiger partial charge < -0.3 is 10.2 Å². The summed E-state index contributed by atoms with van der Waals surface area (Å²) in [6.07, 6.45) is -1.38. The number of halogens is 4. The van der Waals surface area contributed by atoms with Crippen molar-refractivity contribution in [3.8, 4) is 0 Å². The van der Waals surface area contributed by atoms with Gasteiger partial charge in [-0.15, -0.1) is 12.4 Å². The van der Waals surface area contributed by atoms with E-state index >= 15 is 0 Å². The van der Waals surface area contributed by atoms with Gasteiger partial charge >= 0.3 is 6.18 Å². The van der Waals surface area contributed by atoms with E-state index in [-0.39, 0.29) is 30.8 Å². The van der Waals surface area contributed by atoms with Gasteiger partial charge in [0.1, 0.15) is 6.54 Å². The van der Waals surface area contributed by atoms with Crippen molar-refractivity contribution in [3.05, 3.63) is 0 Å². The molecule has 1 amide bonds. The third-order valence-electron chi connectivity index (χ3n) is 3.11. The highest BCUT2D eigenvalue weighted by atomic mass is 35.5. The first-order valence-corrected chi connectivity index (χ1v) is 6.50. The van der Waals surface area contributed by atoms with Crippen LogP contribution in [0.25, 0.3) is 0 Å². The summed E-state index contributed by atoms with van der Waals surface area (Å²) in [5.41, 5.74) is 0. The van der Waals surface area contributed by atoms with Gasteiger partial charge in [0, 0.05) is 13.1 Å². The maximum atomic E-state index is 12.5. The van der Waals surface area contributed by atoms with Crippen LogP contribution in [-0.2, 0) is 4.79 Å². The average molecular weight is 303 g/mol. The van der Waals surface area contributed by atoms with E-state index in [1.807, 2.05) is 6.92 Å². The van der Waals surface area contributed by atoms with Gasteiger partial charge in [0.25, 0.3) is 0 Å². The van der Waals surface area contributed by atoms with Crippen molar-refractivity contribution in [3.63, 3.8) is 0 Å². The molecule has 1 saturated heterocycles. The molecule has 1 heterocycles. The predicted octanol–water partition coefficient (Wildman–Crippen LogP) is 2.60. The molecule has 1 aliphatic rings. The minimum Gasteiger partial charge on any atom is -0.333 e. The van der Waals surface area contributed by atoms with Crippen LogP contribution in [0.3, 0.4) is 0 Å². The van der Waals surface area contributed by atoms with Crippen molar-refractivity contribution in [2.75, 3.05) is 26.2 Å². The van der Waals surface area contributed by atoms with Gasteiger partial charge in [-0.25, -0.2) is 0 Å². The molecule has 1 aliphatic heterocycles. The summed E-state index contributed by atoms with van der Waals surface area (Å²) >= 11 is 0. The van der Waals surface area contributed by atoms with Crippen LogP contribution >= 0.6 is 12.4 Å². The van der Waals surface area contributed by atoms with E-state index in [1.165, 1.54) is 0 Å². The van der Waals surface area contributed by atoms with Crippen LogP contribution in [0.5, 0.6) is 0 Å². The van der Waals surface area contributed by atoms with Gasteiger partial charge in [-0.2, -0.15) is 13.2 Å². The molecule has 0 bridgehead atoms. The van der Waals surface area contributed by atoms with E-state index in [0.29, 0.717) is 19.4 Å². The zero-order valence-electron chi connectivity index (χ0n) is 11.1. The Balaban J connectivity index is 0.00000324. The second kappa shape index (κ2) is 8.64. The number of hydrogen-bond donors (Lipinski definition) is 1. The van der Waals surface area contributed by atoms with Crippen molar-refractivity contribution in [1.29, 1.82) is 0 Å². The Bertz CT molecular complexity index is 268. The quantitative estimate of drug-likeness (QED) is 0.846. The first-order chi connectivity index (χ1) is 8.44. The number of amides is 1. The lowest BCUT2D eigenvalue weighted by Crippen LogP contribution is -2.46. The van der Waals surface area contributed by atoms with Crippen molar-refractivity contribution < 1.29 is 18.0 Å². The highest BCUT2D eigenvalue weighted by Gasteiger charge is 2.35. The Kier molecular flexibility index (Phi) is 8.41. The molecule has 0 aliphatic carbocycles. The first kappa shape index (κ1) is 18.5. The molecule has 0 aromatic rings. The van der Waals surface area contributed by atoms with E-state index in [4.69, 9.17) is 0 Å². The summed E-state index contributed by atoms with van der Waals surface area (Å²) in [4.78, 5) is 13.0. The molecule has 1 fully saturated rings. The predicted molar refractivity (Wildman–Crippen MR) is 70.4 cm³/mol. The summed E-state index contributed by atoms with van der Waals surface area (Å²) in [6.45, 7) is 2.32. The maximum Gasteiger partial charge on any atom is 0.406 e. The fraction of sp³-hybridized carbons (Fsp3) is 0.917. The van der Waals surface area contributed by atoms with Crippen LogP contribution in [-0.4, -0.2) is 43.2 Å². The highest BCUT2D eigenvalue weighted by Crippen LogP contribution is 2.20. The number of carbonyl (C=O) groups excluding carboxylic acids is 1. The highest BCUT2D eigenvalue weighted by molar-refractivity contribution is 5.85. The molecule has 19 heavy (non-hydrogen) atoms. The molecule has 114 valence electrons. The lowest BCUT2D eigenvalue weighted by molar-refractivity contribution is -0.164. The Morgan fingerprint density at radius 3 is 2.58 bits per heavy atom. The topological polar surface area (TPSA) is 32.3 Å². The molecule has 0 saturated carbocycles. The Morgan fingerprint density at radius 2 is 2.11 bits per heavy atom. The molecule has 1 atom stereocenters. The van der Waals surface area contributed by atoms with Crippen molar-refractivity contribution >= 4 is 18.3 Å². The van der Waals surface area contributed by atoms with Crippen molar-refractivity contribution in [2.45, 2.75) is 38.8 Å². The number of nitrogens with one attached hydrogen (secondary N) is 1. The Labute approximate surface area is 118 Å². The average Bonchev–Trinajstić information content (AvgIpc) is 2.33. The van der Waals surface area contributed by atoms with Gasteiger partial charge in [-0.3, -0.25) is 4.79 Å². The van der Waals surface area contributed by atoms with E-state index in [1.54, 1.807) is 0 Å². The lowest BCUT2D eigenvalue weighted by atomic mass is 9.98. The number of hydrogen-bond acceptors (Lipinski definition) is 2. The molecule has 0 aromatic carbocycles. The zero-order chi connectivity index (χ0) is 13.6. The largest absolute Gasteiger partial charge is 0.406 e. The van der Waals surface area contributed by atoms with E-state index in [0.717, 1.165) is 24.3 Å². The van der Waals surface area contributed by atoms with Crippen LogP contribution in [0.15, 0.2) is 0 Å². The van der Waals surface area contributed by atoms with Crippen LogP contribution in [0.1, 0.15) is 32.6 Å². The minimum absolute atomic E-state index is 0. The van der Waals surface area contributed by atoms with Crippen molar-refractivity contribution in [1.82, 2.24) is 10.2 Å². The second-order valence-electron chi connectivity index (χ2n) is 4.77. The number of unbranched alkanes of at least 4 members (excludes halogenated alkanes) is 1. The molecule has 1 N–H and O–H groups in total. The maximum absolute atomic E-state index is 12.5. The molecule has 0 spiro atoms. The number of rotatable bonds is 5. The number of piperidine rings is 1. The van der Waals surface area contributed by atoms with Gasteiger partial charge in [-0.05, 0) is 25.8 Å². The molecular formula is C12H22ClF3N2O. The number of carbonyl (C=O) groups is 1. The van der Waals surface area contributed by atoms with E-state index in [9.17, 15) is 18.0 Å². The smallest absolute Gasteiger partial charge is 0.333 e. The molecule has 0 aromatic heterocycles. The minimum atomic E-state index is -4.31. The second-order valence-corrected chi connectivity index (χ2v) is 4.77.